The summed E-state index contributed by atoms with van der Waals surface area (Å²) >= 11 is 1.32. The third-order valence-electron chi connectivity index (χ3n) is 5.81. The van der Waals surface area contributed by atoms with Gasteiger partial charge in [0.1, 0.15) is 10.6 Å². The molecule has 0 saturated heterocycles. The zero-order chi connectivity index (χ0) is 25.0. The largest absolute Gasteiger partial charge is 0.462 e. The van der Waals surface area contributed by atoms with Crippen molar-refractivity contribution in [2.45, 2.75) is 33.1 Å². The standard InChI is InChI=1S/C30H29NO3S/c1-5-34-29(33)26-25(22-13-11-21(12-14-22)20-9-7-6-8-10-20)19-35-28(26)31-27(32)23-15-17-24(18-16-23)30(2,3)4/h6-19H,5H2,1-4H3,(H,31,32). The van der Waals surface area contributed by atoms with Crippen LogP contribution >= 0.6 is 11.3 Å². The van der Waals surface area contributed by atoms with Gasteiger partial charge < -0.3 is 10.1 Å². The minimum absolute atomic E-state index is 0.00476. The molecule has 3 aromatic carbocycles. The van der Waals surface area contributed by atoms with Gasteiger partial charge in [-0.05, 0) is 46.7 Å². The molecule has 1 N–H and O–H groups in total. The first-order valence-electron chi connectivity index (χ1n) is 11.6. The lowest BCUT2D eigenvalue weighted by Gasteiger charge is -2.19. The molecule has 0 radical (unpaired) electrons. The molecule has 1 heterocycles. The monoisotopic (exact) mass is 483 g/mol. The number of carbonyl (C=O) groups is 2. The molecule has 0 aliphatic rings. The molecule has 0 fully saturated rings. The molecule has 35 heavy (non-hydrogen) atoms. The molecular formula is C30H29NO3S. The third kappa shape index (κ3) is 5.52. The normalized spacial score (nSPS) is 11.2. The summed E-state index contributed by atoms with van der Waals surface area (Å²) in [5, 5.41) is 5.30. The van der Waals surface area contributed by atoms with E-state index in [9.17, 15) is 9.59 Å². The number of amides is 1. The molecule has 0 bridgehead atoms. The van der Waals surface area contributed by atoms with E-state index < -0.39 is 5.97 Å². The molecule has 0 unspecified atom stereocenters. The molecule has 4 aromatic rings. The first-order valence-corrected chi connectivity index (χ1v) is 12.5. The summed E-state index contributed by atoms with van der Waals surface area (Å²) in [6, 6.07) is 25.7. The Morgan fingerprint density at radius 2 is 1.43 bits per heavy atom. The van der Waals surface area contributed by atoms with Gasteiger partial charge in [-0.1, -0.05) is 87.5 Å². The van der Waals surface area contributed by atoms with Gasteiger partial charge in [-0.15, -0.1) is 11.3 Å². The summed E-state index contributed by atoms with van der Waals surface area (Å²) in [7, 11) is 0. The average Bonchev–Trinajstić information content (AvgIpc) is 3.28. The van der Waals surface area contributed by atoms with Crippen molar-refractivity contribution in [3.05, 3.63) is 101 Å². The van der Waals surface area contributed by atoms with Crippen LogP contribution in [0, 0.1) is 0 Å². The van der Waals surface area contributed by atoms with Crippen molar-refractivity contribution in [2.24, 2.45) is 0 Å². The Labute approximate surface area is 210 Å². The fraction of sp³-hybridized carbons (Fsp3) is 0.200. The fourth-order valence-corrected chi connectivity index (χ4v) is 4.79. The highest BCUT2D eigenvalue weighted by molar-refractivity contribution is 7.15. The van der Waals surface area contributed by atoms with Crippen molar-refractivity contribution in [1.82, 2.24) is 0 Å². The highest BCUT2D eigenvalue weighted by Crippen LogP contribution is 2.37. The van der Waals surface area contributed by atoms with Crippen LogP contribution in [-0.2, 0) is 10.2 Å². The zero-order valence-electron chi connectivity index (χ0n) is 20.4. The molecule has 0 spiro atoms. The Morgan fingerprint density at radius 3 is 2.03 bits per heavy atom. The summed E-state index contributed by atoms with van der Waals surface area (Å²) in [5.41, 5.74) is 5.92. The van der Waals surface area contributed by atoms with Crippen molar-refractivity contribution >= 4 is 28.2 Å². The Bertz CT molecular complexity index is 1320. The first kappa shape index (κ1) is 24.4. The number of benzene rings is 3. The van der Waals surface area contributed by atoms with Gasteiger partial charge in [-0.25, -0.2) is 4.79 Å². The number of anilines is 1. The lowest BCUT2D eigenvalue weighted by molar-refractivity contribution is 0.0529. The number of esters is 1. The van der Waals surface area contributed by atoms with Gasteiger partial charge in [0.2, 0.25) is 0 Å². The van der Waals surface area contributed by atoms with Gasteiger partial charge >= 0.3 is 5.97 Å². The topological polar surface area (TPSA) is 55.4 Å². The van der Waals surface area contributed by atoms with Gasteiger partial charge in [0.15, 0.2) is 0 Å². The van der Waals surface area contributed by atoms with Crippen LogP contribution < -0.4 is 5.32 Å². The number of rotatable bonds is 6. The van der Waals surface area contributed by atoms with Crippen molar-refractivity contribution < 1.29 is 14.3 Å². The van der Waals surface area contributed by atoms with Crippen LogP contribution in [0.15, 0.2) is 84.2 Å². The van der Waals surface area contributed by atoms with Crippen molar-refractivity contribution in [2.75, 3.05) is 11.9 Å². The first-order chi connectivity index (χ1) is 16.8. The molecular weight excluding hydrogens is 454 g/mol. The Kier molecular flexibility index (Phi) is 7.17. The second kappa shape index (κ2) is 10.3. The van der Waals surface area contributed by atoms with Crippen LogP contribution in [0.3, 0.4) is 0 Å². The number of nitrogens with one attached hydrogen (secondary N) is 1. The molecule has 4 nitrogen and oxygen atoms in total. The zero-order valence-corrected chi connectivity index (χ0v) is 21.2. The molecule has 0 saturated carbocycles. The predicted octanol–water partition coefficient (Wildman–Crippen LogP) is 7.81. The van der Waals surface area contributed by atoms with Crippen LogP contribution in [0.2, 0.25) is 0 Å². The summed E-state index contributed by atoms with van der Waals surface area (Å²) in [5.74, 6) is -0.710. The van der Waals surface area contributed by atoms with Crippen molar-refractivity contribution in [1.29, 1.82) is 0 Å². The molecule has 5 heteroatoms. The van der Waals surface area contributed by atoms with Gasteiger partial charge in [-0.3, -0.25) is 4.79 Å². The van der Waals surface area contributed by atoms with Gasteiger partial charge in [0, 0.05) is 16.5 Å². The van der Waals surface area contributed by atoms with Crippen LogP contribution in [0.4, 0.5) is 5.00 Å². The lowest BCUT2D eigenvalue weighted by atomic mass is 9.87. The van der Waals surface area contributed by atoms with Gasteiger partial charge in [0.05, 0.1) is 6.61 Å². The van der Waals surface area contributed by atoms with Crippen molar-refractivity contribution in [3.63, 3.8) is 0 Å². The molecule has 4 rings (SSSR count). The van der Waals surface area contributed by atoms with E-state index in [0.29, 0.717) is 16.1 Å². The summed E-state index contributed by atoms with van der Waals surface area (Å²) in [6.07, 6.45) is 0. The number of ether oxygens (including phenoxy) is 1. The number of thiophene rings is 1. The highest BCUT2D eigenvalue weighted by atomic mass is 32.1. The predicted molar refractivity (Wildman–Crippen MR) is 144 cm³/mol. The maximum atomic E-state index is 13.0. The average molecular weight is 484 g/mol. The lowest BCUT2D eigenvalue weighted by Crippen LogP contribution is -2.16. The van der Waals surface area contributed by atoms with Gasteiger partial charge in [0.25, 0.3) is 5.91 Å². The molecule has 1 amide bonds. The van der Waals surface area contributed by atoms with E-state index in [1.54, 1.807) is 6.92 Å². The second-order valence-electron chi connectivity index (χ2n) is 9.30. The number of hydrogen-bond donors (Lipinski definition) is 1. The quantitative estimate of drug-likeness (QED) is 0.285. The summed E-state index contributed by atoms with van der Waals surface area (Å²) in [6.45, 7) is 8.42. The molecule has 0 aliphatic heterocycles. The maximum absolute atomic E-state index is 13.0. The maximum Gasteiger partial charge on any atom is 0.341 e. The molecule has 0 aliphatic carbocycles. The Hall–Kier alpha value is -3.70. The van der Waals surface area contributed by atoms with E-state index in [0.717, 1.165) is 27.8 Å². The number of carbonyl (C=O) groups excluding carboxylic acids is 2. The molecule has 1 aromatic heterocycles. The van der Waals surface area contributed by atoms with E-state index in [-0.39, 0.29) is 17.9 Å². The number of hydrogen-bond acceptors (Lipinski definition) is 4. The summed E-state index contributed by atoms with van der Waals surface area (Å²) < 4.78 is 5.34. The minimum atomic E-state index is -0.450. The highest BCUT2D eigenvalue weighted by Gasteiger charge is 2.23. The van der Waals surface area contributed by atoms with Crippen molar-refractivity contribution in [3.8, 4) is 22.3 Å². The van der Waals surface area contributed by atoms with Crippen LogP contribution in [0.5, 0.6) is 0 Å². The van der Waals surface area contributed by atoms with Crippen LogP contribution in [0.1, 0.15) is 54.0 Å². The van der Waals surface area contributed by atoms with E-state index in [4.69, 9.17) is 4.74 Å². The molecule has 178 valence electrons. The fourth-order valence-electron chi connectivity index (χ4n) is 3.84. The van der Waals surface area contributed by atoms with E-state index in [1.807, 2.05) is 72.1 Å². The minimum Gasteiger partial charge on any atom is -0.462 e. The van der Waals surface area contributed by atoms with E-state index in [1.165, 1.54) is 11.3 Å². The summed E-state index contributed by atoms with van der Waals surface area (Å²) in [4.78, 5) is 25.9. The SMILES string of the molecule is CCOC(=O)c1c(-c2ccc(-c3ccccc3)cc2)csc1NC(=O)c1ccc(C(C)(C)C)cc1. The van der Waals surface area contributed by atoms with Crippen LogP contribution in [-0.4, -0.2) is 18.5 Å². The van der Waals surface area contributed by atoms with E-state index >= 15 is 0 Å². The Balaban J connectivity index is 1.63. The second-order valence-corrected chi connectivity index (χ2v) is 10.2. The smallest absolute Gasteiger partial charge is 0.341 e. The van der Waals surface area contributed by atoms with Crippen LogP contribution in [0.25, 0.3) is 22.3 Å². The van der Waals surface area contributed by atoms with E-state index in [2.05, 4.69) is 38.2 Å². The molecule has 0 atom stereocenters. The van der Waals surface area contributed by atoms with Gasteiger partial charge in [-0.2, -0.15) is 0 Å². The Morgan fingerprint density at radius 1 is 0.829 bits per heavy atom. The third-order valence-corrected chi connectivity index (χ3v) is 6.71.